The molecule has 0 unspecified atom stereocenters. The molecule has 4 fully saturated rings. The van der Waals surface area contributed by atoms with E-state index < -0.39 is 0 Å². The second-order valence-corrected chi connectivity index (χ2v) is 9.91. The van der Waals surface area contributed by atoms with Crippen LogP contribution in [0.25, 0.3) is 0 Å². The van der Waals surface area contributed by atoms with Crippen LogP contribution in [0.1, 0.15) is 31.2 Å². The number of anilines is 1. The summed E-state index contributed by atoms with van der Waals surface area (Å²) in [6.45, 7) is 6.87. The molecule has 0 amide bonds. The Hall–Kier alpha value is -1.28. The summed E-state index contributed by atoms with van der Waals surface area (Å²) >= 11 is 0. The molecule has 4 aliphatic rings. The van der Waals surface area contributed by atoms with Gasteiger partial charge >= 0.3 is 0 Å². The van der Waals surface area contributed by atoms with Gasteiger partial charge in [-0.25, -0.2) is 9.97 Å². The fourth-order valence-corrected chi connectivity index (χ4v) is 6.22. The Bertz CT molecular complexity index is 706. The highest BCUT2D eigenvalue weighted by Gasteiger charge is 2.62. The Morgan fingerprint density at radius 1 is 1.17 bits per heavy atom. The number of hydrogen-bond acceptors (Lipinski definition) is 7. The van der Waals surface area contributed by atoms with Crippen molar-refractivity contribution in [2.75, 3.05) is 58.3 Å². The van der Waals surface area contributed by atoms with E-state index in [1.54, 1.807) is 0 Å². The third-order valence-electron chi connectivity index (χ3n) is 7.79. The van der Waals surface area contributed by atoms with Crippen LogP contribution in [0.3, 0.4) is 0 Å². The van der Waals surface area contributed by atoms with Crippen LogP contribution in [-0.4, -0.2) is 90.0 Å². The summed E-state index contributed by atoms with van der Waals surface area (Å²) in [5.74, 6) is 2.58. The number of nitrogens with zero attached hydrogens (tertiary/aromatic N) is 5. The molecule has 7 heteroatoms. The number of aromatic nitrogens is 2. The van der Waals surface area contributed by atoms with Gasteiger partial charge in [0.25, 0.3) is 0 Å². The summed E-state index contributed by atoms with van der Waals surface area (Å²) < 4.78 is 6.65. The van der Waals surface area contributed by atoms with Crippen LogP contribution in [0.4, 0.5) is 5.95 Å². The summed E-state index contributed by atoms with van der Waals surface area (Å²) in [4.78, 5) is 16.1. The number of fused-ring (bicyclic) bond motifs is 1. The normalized spacial score (nSPS) is 35.3. The first kappa shape index (κ1) is 19.7. The molecule has 5 heterocycles. The highest BCUT2D eigenvalue weighted by Crippen LogP contribution is 2.55. The van der Waals surface area contributed by atoms with Gasteiger partial charge in [0.2, 0.25) is 5.95 Å². The van der Waals surface area contributed by atoms with E-state index in [0.29, 0.717) is 30.5 Å². The highest BCUT2D eigenvalue weighted by molar-refractivity contribution is 5.26. The van der Waals surface area contributed by atoms with Crippen LogP contribution in [0.5, 0.6) is 0 Å². The maximum absolute atomic E-state index is 9.41. The molecule has 1 aromatic heterocycles. The van der Waals surface area contributed by atoms with E-state index >= 15 is 0 Å². The molecule has 1 N–H and O–H groups in total. The molecule has 4 saturated heterocycles. The molecule has 0 aliphatic carbocycles. The lowest BCUT2D eigenvalue weighted by atomic mass is 9.73. The predicted molar refractivity (Wildman–Crippen MR) is 112 cm³/mol. The number of likely N-dealkylation sites (tertiary alicyclic amines) is 2. The third kappa shape index (κ3) is 3.67. The monoisotopic (exact) mass is 401 g/mol. The first-order valence-electron chi connectivity index (χ1n) is 11.3. The average molecular weight is 402 g/mol. The number of ether oxygens (including phenoxy) is 1. The molecule has 7 nitrogen and oxygen atoms in total. The van der Waals surface area contributed by atoms with Crippen LogP contribution in [0.2, 0.25) is 0 Å². The minimum Gasteiger partial charge on any atom is -0.396 e. The first-order valence-corrected chi connectivity index (χ1v) is 11.3. The van der Waals surface area contributed by atoms with Crippen molar-refractivity contribution in [2.24, 2.45) is 17.8 Å². The molecule has 1 spiro atoms. The molecule has 4 atom stereocenters. The minimum atomic E-state index is 0.0865. The van der Waals surface area contributed by atoms with Crippen LogP contribution in [0.15, 0.2) is 12.4 Å². The lowest BCUT2D eigenvalue weighted by molar-refractivity contribution is 0.000515. The Labute approximate surface area is 174 Å². The fourth-order valence-electron chi connectivity index (χ4n) is 6.22. The second-order valence-electron chi connectivity index (χ2n) is 9.91. The Morgan fingerprint density at radius 3 is 2.62 bits per heavy atom. The van der Waals surface area contributed by atoms with Gasteiger partial charge in [-0.1, -0.05) is 0 Å². The van der Waals surface area contributed by atoms with E-state index in [1.165, 1.54) is 24.9 Å². The average Bonchev–Trinajstić information content (AvgIpc) is 3.38. The van der Waals surface area contributed by atoms with E-state index in [2.05, 4.69) is 19.8 Å². The largest absolute Gasteiger partial charge is 0.396 e. The Balaban J connectivity index is 1.22. The first-order chi connectivity index (χ1) is 14.1. The lowest BCUT2D eigenvalue weighted by Gasteiger charge is -2.37. The maximum Gasteiger partial charge on any atom is 0.224 e. The Morgan fingerprint density at radius 2 is 1.93 bits per heavy atom. The van der Waals surface area contributed by atoms with Gasteiger partial charge in [0.05, 0.1) is 11.7 Å². The van der Waals surface area contributed by atoms with Crippen molar-refractivity contribution in [2.45, 2.75) is 43.9 Å². The quantitative estimate of drug-likeness (QED) is 0.769. The molecule has 5 rings (SSSR count). The van der Waals surface area contributed by atoms with Crippen LogP contribution in [0, 0.1) is 17.8 Å². The number of piperidine rings is 1. The molecular formula is C22H35N5O2. The van der Waals surface area contributed by atoms with Crippen molar-refractivity contribution in [3.05, 3.63) is 18.0 Å². The highest BCUT2D eigenvalue weighted by atomic mass is 16.5. The zero-order valence-corrected chi connectivity index (χ0v) is 17.8. The minimum absolute atomic E-state index is 0.0865. The number of aliphatic hydroxyl groups is 1. The predicted octanol–water partition coefficient (Wildman–Crippen LogP) is 1.23. The van der Waals surface area contributed by atoms with Gasteiger partial charge in [-0.15, -0.1) is 0 Å². The van der Waals surface area contributed by atoms with Crippen LogP contribution in [-0.2, 0) is 11.3 Å². The summed E-state index contributed by atoms with van der Waals surface area (Å²) in [5, 5.41) is 9.41. The molecular weight excluding hydrogens is 366 g/mol. The zero-order chi connectivity index (χ0) is 20.0. The summed E-state index contributed by atoms with van der Waals surface area (Å²) in [6.07, 6.45) is 9.12. The van der Waals surface area contributed by atoms with Crippen molar-refractivity contribution in [1.29, 1.82) is 0 Å². The van der Waals surface area contributed by atoms with E-state index in [1.807, 2.05) is 31.4 Å². The van der Waals surface area contributed by atoms with Gasteiger partial charge in [-0.05, 0) is 44.7 Å². The molecule has 29 heavy (non-hydrogen) atoms. The van der Waals surface area contributed by atoms with Crippen molar-refractivity contribution in [3.63, 3.8) is 0 Å². The smallest absolute Gasteiger partial charge is 0.224 e. The van der Waals surface area contributed by atoms with Crippen LogP contribution < -0.4 is 4.90 Å². The molecule has 0 radical (unpaired) electrons. The number of hydrogen-bond donors (Lipinski definition) is 1. The van der Waals surface area contributed by atoms with E-state index in [9.17, 15) is 5.11 Å². The fraction of sp³-hybridized carbons (Fsp3) is 0.818. The molecule has 160 valence electrons. The van der Waals surface area contributed by atoms with Crippen molar-refractivity contribution >= 4 is 5.95 Å². The molecule has 1 aromatic rings. The molecule has 0 saturated carbocycles. The van der Waals surface area contributed by atoms with Crippen molar-refractivity contribution < 1.29 is 9.84 Å². The van der Waals surface area contributed by atoms with Gasteiger partial charge in [-0.3, -0.25) is 4.90 Å². The van der Waals surface area contributed by atoms with Crippen LogP contribution >= 0.6 is 0 Å². The number of rotatable bonds is 6. The second kappa shape index (κ2) is 7.76. The zero-order valence-electron chi connectivity index (χ0n) is 17.8. The molecule has 0 aromatic carbocycles. The van der Waals surface area contributed by atoms with Gasteiger partial charge < -0.3 is 19.6 Å². The maximum atomic E-state index is 9.41. The molecule has 2 bridgehead atoms. The summed E-state index contributed by atoms with van der Waals surface area (Å²) in [7, 11) is 3.94. The topological polar surface area (TPSA) is 65.0 Å². The summed E-state index contributed by atoms with van der Waals surface area (Å²) in [5.41, 5.74) is 1.27. The number of aliphatic hydroxyl groups excluding tert-OH is 1. The third-order valence-corrected chi connectivity index (χ3v) is 7.79. The van der Waals surface area contributed by atoms with Crippen molar-refractivity contribution in [3.8, 4) is 0 Å². The lowest BCUT2D eigenvalue weighted by Crippen LogP contribution is -2.44. The van der Waals surface area contributed by atoms with Gasteiger partial charge in [-0.2, -0.15) is 0 Å². The summed E-state index contributed by atoms with van der Waals surface area (Å²) in [6, 6.07) is 0. The van der Waals surface area contributed by atoms with E-state index in [-0.39, 0.29) is 5.60 Å². The SMILES string of the molecule is CN(C)c1ncc(CN2C[C@@H]3[C@H](CN4CCC(CO)CC4)[C@H]4CC[C@]3(C2)O4)cn1. The standard InChI is InChI=1S/C22H35N5O2/c1-25(2)21-23-9-17(10-24-21)11-27-13-19-18(20-3-6-22(19,15-27)29-20)12-26-7-4-16(14-28)5-8-26/h9-10,16,18-20,28H,3-8,11-15H2,1-2H3/t18-,19+,20+,22+/m0/s1. The van der Waals surface area contributed by atoms with Gasteiger partial charge in [0, 0.05) is 76.7 Å². The van der Waals surface area contributed by atoms with E-state index in [0.717, 1.165) is 51.5 Å². The van der Waals surface area contributed by atoms with Gasteiger partial charge in [0.1, 0.15) is 0 Å². The molecule has 4 aliphatic heterocycles. The van der Waals surface area contributed by atoms with Gasteiger partial charge in [0.15, 0.2) is 0 Å². The van der Waals surface area contributed by atoms with E-state index in [4.69, 9.17) is 4.74 Å². The van der Waals surface area contributed by atoms with Crippen molar-refractivity contribution in [1.82, 2.24) is 19.8 Å². The Kier molecular flexibility index (Phi) is 5.26.